The molecule has 0 radical (unpaired) electrons. The molecular formula is C15H22N4O. The number of aryl methyl sites for hydroxylation is 2. The van der Waals surface area contributed by atoms with Crippen molar-refractivity contribution < 1.29 is 5.11 Å². The number of hydrogen-bond donors (Lipinski definition) is 1. The van der Waals surface area contributed by atoms with Crippen LogP contribution in [0.15, 0.2) is 18.5 Å². The van der Waals surface area contributed by atoms with E-state index in [1.165, 1.54) is 0 Å². The van der Waals surface area contributed by atoms with E-state index in [0.29, 0.717) is 12.3 Å². The molecule has 20 heavy (non-hydrogen) atoms. The van der Waals surface area contributed by atoms with E-state index in [1.54, 1.807) is 6.33 Å². The van der Waals surface area contributed by atoms with Gasteiger partial charge in [-0.15, -0.1) is 0 Å². The van der Waals surface area contributed by atoms with Crippen LogP contribution in [-0.4, -0.2) is 24.9 Å². The van der Waals surface area contributed by atoms with Gasteiger partial charge in [0, 0.05) is 29.9 Å². The highest BCUT2D eigenvalue weighted by atomic mass is 16.3. The Kier molecular flexibility index (Phi) is 4.49. The van der Waals surface area contributed by atoms with Crippen LogP contribution in [0.4, 0.5) is 0 Å². The number of aliphatic hydroxyl groups is 1. The third-order valence-electron chi connectivity index (χ3n) is 3.23. The SMILES string of the molecule is Cc1ccc(C(O)Cc2ncnn2CC(C)C)c(C)n1. The zero-order chi connectivity index (χ0) is 14.7. The summed E-state index contributed by atoms with van der Waals surface area (Å²) in [4.78, 5) is 8.65. The normalized spacial score (nSPS) is 12.9. The van der Waals surface area contributed by atoms with E-state index in [9.17, 15) is 5.11 Å². The van der Waals surface area contributed by atoms with Crippen LogP contribution in [0.3, 0.4) is 0 Å². The molecule has 0 fully saturated rings. The highest BCUT2D eigenvalue weighted by Crippen LogP contribution is 2.20. The molecule has 0 aromatic carbocycles. The van der Waals surface area contributed by atoms with Gasteiger partial charge in [0.2, 0.25) is 0 Å². The lowest BCUT2D eigenvalue weighted by Crippen LogP contribution is -2.14. The van der Waals surface area contributed by atoms with E-state index in [0.717, 1.165) is 29.3 Å². The fourth-order valence-corrected chi connectivity index (χ4v) is 2.28. The highest BCUT2D eigenvalue weighted by Gasteiger charge is 2.16. The van der Waals surface area contributed by atoms with Crippen molar-refractivity contribution in [2.45, 2.75) is 46.8 Å². The van der Waals surface area contributed by atoms with E-state index in [1.807, 2.05) is 30.7 Å². The number of pyridine rings is 1. The van der Waals surface area contributed by atoms with Crippen molar-refractivity contribution in [3.8, 4) is 0 Å². The molecule has 0 saturated carbocycles. The number of rotatable bonds is 5. The van der Waals surface area contributed by atoms with E-state index < -0.39 is 6.10 Å². The van der Waals surface area contributed by atoms with Gasteiger partial charge in [0.05, 0.1) is 6.10 Å². The maximum absolute atomic E-state index is 10.4. The molecule has 1 N–H and O–H groups in total. The smallest absolute Gasteiger partial charge is 0.138 e. The average molecular weight is 274 g/mol. The first-order valence-corrected chi connectivity index (χ1v) is 6.96. The summed E-state index contributed by atoms with van der Waals surface area (Å²) in [6.45, 7) is 8.95. The van der Waals surface area contributed by atoms with E-state index in [2.05, 4.69) is 28.9 Å². The lowest BCUT2D eigenvalue weighted by atomic mass is 10.0. The fraction of sp³-hybridized carbons (Fsp3) is 0.533. The second-order valence-corrected chi connectivity index (χ2v) is 5.60. The van der Waals surface area contributed by atoms with Gasteiger partial charge in [-0.2, -0.15) is 5.10 Å². The van der Waals surface area contributed by atoms with Crippen molar-refractivity contribution in [3.63, 3.8) is 0 Å². The summed E-state index contributed by atoms with van der Waals surface area (Å²) in [6, 6.07) is 3.86. The fourth-order valence-electron chi connectivity index (χ4n) is 2.28. The van der Waals surface area contributed by atoms with Crippen LogP contribution in [0.1, 0.15) is 42.7 Å². The summed E-state index contributed by atoms with van der Waals surface area (Å²) in [5, 5.41) is 14.6. The van der Waals surface area contributed by atoms with Crippen molar-refractivity contribution >= 4 is 0 Å². The Hall–Kier alpha value is -1.75. The molecule has 0 aliphatic rings. The molecule has 0 aliphatic carbocycles. The number of hydrogen-bond acceptors (Lipinski definition) is 4. The maximum atomic E-state index is 10.4. The van der Waals surface area contributed by atoms with Crippen molar-refractivity contribution in [1.29, 1.82) is 0 Å². The summed E-state index contributed by atoms with van der Waals surface area (Å²) < 4.78 is 1.87. The zero-order valence-corrected chi connectivity index (χ0v) is 12.5. The van der Waals surface area contributed by atoms with Crippen LogP contribution in [0, 0.1) is 19.8 Å². The monoisotopic (exact) mass is 274 g/mol. The molecule has 2 rings (SSSR count). The van der Waals surface area contributed by atoms with Crippen LogP contribution in [0.2, 0.25) is 0 Å². The molecule has 108 valence electrons. The Balaban J connectivity index is 2.15. The molecule has 0 saturated heterocycles. The Labute approximate surface area is 119 Å². The summed E-state index contributed by atoms with van der Waals surface area (Å²) in [7, 11) is 0. The van der Waals surface area contributed by atoms with Gasteiger partial charge >= 0.3 is 0 Å². The number of aliphatic hydroxyl groups excluding tert-OH is 1. The van der Waals surface area contributed by atoms with Crippen LogP contribution in [-0.2, 0) is 13.0 Å². The van der Waals surface area contributed by atoms with Gasteiger partial charge in [0.1, 0.15) is 12.2 Å². The first-order valence-electron chi connectivity index (χ1n) is 6.96. The van der Waals surface area contributed by atoms with Crippen LogP contribution in [0.25, 0.3) is 0 Å². The summed E-state index contributed by atoms with van der Waals surface area (Å²) in [6.07, 6.45) is 1.40. The predicted octanol–water partition coefficient (Wildman–Crippen LogP) is 2.22. The van der Waals surface area contributed by atoms with Crippen LogP contribution in [0.5, 0.6) is 0 Å². The van der Waals surface area contributed by atoms with Gasteiger partial charge in [0.15, 0.2) is 0 Å². The van der Waals surface area contributed by atoms with Crippen LogP contribution >= 0.6 is 0 Å². The van der Waals surface area contributed by atoms with Gasteiger partial charge in [0.25, 0.3) is 0 Å². The summed E-state index contributed by atoms with van der Waals surface area (Å²) >= 11 is 0. The molecule has 0 bridgehead atoms. The zero-order valence-electron chi connectivity index (χ0n) is 12.5. The van der Waals surface area contributed by atoms with E-state index >= 15 is 0 Å². The molecule has 1 unspecified atom stereocenters. The van der Waals surface area contributed by atoms with Crippen LogP contribution < -0.4 is 0 Å². The summed E-state index contributed by atoms with van der Waals surface area (Å²) in [5.41, 5.74) is 2.68. The molecule has 1 atom stereocenters. The molecule has 2 heterocycles. The molecule has 2 aromatic rings. The third kappa shape index (κ3) is 3.42. The van der Waals surface area contributed by atoms with Gasteiger partial charge < -0.3 is 5.11 Å². The maximum Gasteiger partial charge on any atom is 0.138 e. The molecular weight excluding hydrogens is 252 g/mol. The molecule has 0 aliphatic heterocycles. The Morgan fingerprint density at radius 3 is 2.65 bits per heavy atom. The number of nitrogens with zero attached hydrogens (tertiary/aromatic N) is 4. The first kappa shape index (κ1) is 14.7. The van der Waals surface area contributed by atoms with Crippen molar-refractivity contribution in [2.75, 3.05) is 0 Å². The van der Waals surface area contributed by atoms with Gasteiger partial charge in [-0.1, -0.05) is 19.9 Å². The standard InChI is InChI=1S/C15H22N4O/c1-10(2)8-19-15(16-9-17-19)7-14(20)13-6-5-11(3)18-12(13)4/h5-6,9-10,14,20H,7-8H2,1-4H3. The van der Waals surface area contributed by atoms with E-state index in [-0.39, 0.29) is 0 Å². The predicted molar refractivity (Wildman–Crippen MR) is 77.2 cm³/mol. The molecule has 2 aromatic heterocycles. The Morgan fingerprint density at radius 2 is 2.00 bits per heavy atom. The lowest BCUT2D eigenvalue weighted by Gasteiger charge is -2.14. The van der Waals surface area contributed by atoms with Crippen molar-refractivity contribution in [1.82, 2.24) is 19.7 Å². The van der Waals surface area contributed by atoms with Crippen molar-refractivity contribution in [2.24, 2.45) is 5.92 Å². The topological polar surface area (TPSA) is 63.8 Å². The molecule has 0 spiro atoms. The highest BCUT2D eigenvalue weighted by molar-refractivity contribution is 5.24. The number of aromatic nitrogens is 4. The second kappa shape index (κ2) is 6.13. The minimum Gasteiger partial charge on any atom is -0.388 e. The molecule has 5 nitrogen and oxygen atoms in total. The Morgan fingerprint density at radius 1 is 1.25 bits per heavy atom. The minimum absolute atomic E-state index is 0.457. The Bertz CT molecular complexity index is 577. The average Bonchev–Trinajstić information content (AvgIpc) is 2.75. The molecule has 5 heteroatoms. The third-order valence-corrected chi connectivity index (χ3v) is 3.23. The van der Waals surface area contributed by atoms with Gasteiger partial charge in [-0.3, -0.25) is 4.98 Å². The lowest BCUT2D eigenvalue weighted by molar-refractivity contribution is 0.172. The van der Waals surface area contributed by atoms with Crippen molar-refractivity contribution in [3.05, 3.63) is 41.2 Å². The largest absolute Gasteiger partial charge is 0.388 e. The van der Waals surface area contributed by atoms with Gasteiger partial charge in [-0.25, -0.2) is 9.67 Å². The summed E-state index contributed by atoms with van der Waals surface area (Å²) in [5.74, 6) is 1.31. The second-order valence-electron chi connectivity index (χ2n) is 5.60. The minimum atomic E-state index is -0.599. The van der Waals surface area contributed by atoms with E-state index in [4.69, 9.17) is 0 Å². The molecule has 0 amide bonds. The first-order chi connectivity index (χ1) is 9.47. The van der Waals surface area contributed by atoms with Gasteiger partial charge in [-0.05, 0) is 25.8 Å². The quantitative estimate of drug-likeness (QED) is 0.908.